The third kappa shape index (κ3) is 3.45. The van der Waals surface area contributed by atoms with Gasteiger partial charge in [0.05, 0.1) is 0 Å². The molecule has 17 heavy (non-hydrogen) atoms. The first-order chi connectivity index (χ1) is 7.53. The van der Waals surface area contributed by atoms with Crippen molar-refractivity contribution in [3.63, 3.8) is 0 Å². The van der Waals surface area contributed by atoms with Crippen LogP contribution in [0.25, 0.3) is 0 Å². The van der Waals surface area contributed by atoms with Gasteiger partial charge in [-0.3, -0.25) is 0 Å². The van der Waals surface area contributed by atoms with Crippen molar-refractivity contribution in [1.29, 1.82) is 0 Å². The second-order valence-electron chi connectivity index (χ2n) is 6.67. The summed E-state index contributed by atoms with van der Waals surface area (Å²) in [6.45, 7) is 15.6. The van der Waals surface area contributed by atoms with Crippen molar-refractivity contribution in [2.24, 2.45) is 0 Å². The van der Waals surface area contributed by atoms with Gasteiger partial charge in [-0.1, -0.05) is 61.6 Å². The number of aromatic hydroxyl groups is 1. The Labute approximate surface area is 107 Å². The molecular formula is C15H25OP. The highest BCUT2D eigenvalue weighted by Crippen LogP contribution is 2.59. The van der Waals surface area contributed by atoms with Crippen LogP contribution in [0.5, 0.6) is 5.75 Å². The second-order valence-corrected chi connectivity index (χ2v) is 10.5. The summed E-state index contributed by atoms with van der Waals surface area (Å²) in [5.41, 5.74) is 1.11. The number of hydrogen-bond donors (Lipinski definition) is 1. The molecule has 0 unspecified atom stereocenters. The summed E-state index contributed by atoms with van der Waals surface area (Å²) in [4.78, 5) is 0. The highest BCUT2D eigenvalue weighted by Gasteiger charge is 2.36. The van der Waals surface area contributed by atoms with E-state index in [4.69, 9.17) is 0 Å². The zero-order valence-electron chi connectivity index (χ0n) is 12.1. The fraction of sp³-hybridized carbons (Fsp3) is 0.600. The van der Waals surface area contributed by atoms with Crippen molar-refractivity contribution >= 4 is 13.2 Å². The van der Waals surface area contributed by atoms with Crippen molar-refractivity contribution in [1.82, 2.24) is 0 Å². The first-order valence-electron chi connectivity index (χ1n) is 6.13. The molecule has 0 spiro atoms. The minimum atomic E-state index is -0.421. The maximum Gasteiger partial charge on any atom is 0.123 e. The lowest BCUT2D eigenvalue weighted by Gasteiger charge is -2.42. The number of benzene rings is 1. The molecular weight excluding hydrogens is 227 g/mol. The van der Waals surface area contributed by atoms with Gasteiger partial charge in [0.1, 0.15) is 5.75 Å². The second kappa shape index (κ2) is 4.61. The van der Waals surface area contributed by atoms with Gasteiger partial charge in [-0.25, -0.2) is 0 Å². The fourth-order valence-corrected chi connectivity index (χ4v) is 6.53. The van der Waals surface area contributed by atoms with Crippen LogP contribution in [0.15, 0.2) is 18.2 Å². The largest absolute Gasteiger partial charge is 0.507 e. The van der Waals surface area contributed by atoms with E-state index in [1.807, 2.05) is 13.0 Å². The van der Waals surface area contributed by atoms with Gasteiger partial charge >= 0.3 is 0 Å². The maximum absolute atomic E-state index is 10.2. The summed E-state index contributed by atoms with van der Waals surface area (Å²) in [6.07, 6.45) is 0. The third-order valence-electron chi connectivity index (χ3n) is 2.71. The van der Waals surface area contributed by atoms with E-state index < -0.39 is 7.92 Å². The first kappa shape index (κ1) is 14.5. The molecule has 0 aromatic heterocycles. The SMILES string of the molecule is Cc1ccc(P(C(C)(C)C)C(C)(C)C)c(O)c1. The topological polar surface area (TPSA) is 20.2 Å². The molecule has 0 bridgehead atoms. The molecule has 2 heteroatoms. The summed E-state index contributed by atoms with van der Waals surface area (Å²) in [7, 11) is -0.421. The molecule has 0 saturated carbocycles. The zero-order valence-corrected chi connectivity index (χ0v) is 13.0. The lowest BCUT2D eigenvalue weighted by molar-refractivity contribution is 0.478. The van der Waals surface area contributed by atoms with Gasteiger partial charge in [0.2, 0.25) is 0 Å². The van der Waals surface area contributed by atoms with Crippen LogP contribution in [0, 0.1) is 6.92 Å². The van der Waals surface area contributed by atoms with E-state index in [1.165, 1.54) is 0 Å². The Balaban J connectivity index is 3.34. The van der Waals surface area contributed by atoms with Crippen LogP contribution >= 0.6 is 7.92 Å². The highest BCUT2D eigenvalue weighted by molar-refractivity contribution is 7.68. The molecule has 0 heterocycles. The minimum Gasteiger partial charge on any atom is -0.507 e. The van der Waals surface area contributed by atoms with Gasteiger partial charge in [0.25, 0.3) is 0 Å². The molecule has 0 aliphatic heterocycles. The predicted molar refractivity (Wildman–Crippen MR) is 78.9 cm³/mol. The zero-order chi connectivity index (χ0) is 13.4. The number of aryl methyl sites for hydroxylation is 1. The van der Waals surface area contributed by atoms with E-state index in [9.17, 15) is 5.11 Å². The highest BCUT2D eigenvalue weighted by atomic mass is 31.1. The molecule has 0 amide bonds. The van der Waals surface area contributed by atoms with Gasteiger partial charge in [-0.05, 0) is 28.9 Å². The molecule has 1 aromatic carbocycles. The van der Waals surface area contributed by atoms with Crippen molar-refractivity contribution in [3.05, 3.63) is 23.8 Å². The van der Waals surface area contributed by atoms with Crippen molar-refractivity contribution in [2.45, 2.75) is 58.8 Å². The quantitative estimate of drug-likeness (QED) is 0.734. The van der Waals surface area contributed by atoms with E-state index in [-0.39, 0.29) is 10.3 Å². The van der Waals surface area contributed by atoms with Crippen LogP contribution in [-0.4, -0.2) is 15.4 Å². The molecule has 0 aliphatic carbocycles. The van der Waals surface area contributed by atoms with Gasteiger partial charge in [-0.15, -0.1) is 0 Å². The summed E-state index contributed by atoms with van der Waals surface area (Å²) in [5.74, 6) is 0.459. The van der Waals surface area contributed by atoms with Crippen molar-refractivity contribution in [2.75, 3.05) is 0 Å². The normalized spacial score (nSPS) is 13.2. The van der Waals surface area contributed by atoms with Crippen LogP contribution in [0.2, 0.25) is 0 Å². The Morgan fingerprint density at radius 3 is 1.76 bits per heavy atom. The Morgan fingerprint density at radius 2 is 1.41 bits per heavy atom. The van der Waals surface area contributed by atoms with Crippen LogP contribution in [0.3, 0.4) is 0 Å². The molecule has 0 radical (unpaired) electrons. The van der Waals surface area contributed by atoms with Crippen LogP contribution < -0.4 is 5.30 Å². The van der Waals surface area contributed by atoms with E-state index in [0.29, 0.717) is 5.75 Å². The van der Waals surface area contributed by atoms with E-state index in [1.54, 1.807) is 0 Å². The Bertz CT molecular complexity index is 382. The average Bonchev–Trinajstić information content (AvgIpc) is 2.04. The fourth-order valence-electron chi connectivity index (χ4n) is 2.55. The molecule has 1 N–H and O–H groups in total. The smallest absolute Gasteiger partial charge is 0.123 e. The van der Waals surface area contributed by atoms with Gasteiger partial charge in [-0.2, -0.15) is 0 Å². The maximum atomic E-state index is 10.2. The van der Waals surface area contributed by atoms with E-state index in [0.717, 1.165) is 10.9 Å². The monoisotopic (exact) mass is 252 g/mol. The molecule has 1 rings (SSSR count). The lowest BCUT2D eigenvalue weighted by Crippen LogP contribution is -2.31. The Hall–Kier alpha value is -0.550. The first-order valence-corrected chi connectivity index (χ1v) is 7.47. The standard InChI is InChI=1S/C15H25OP/c1-11-8-9-13(12(16)10-11)17(14(2,3)4)15(5,6)7/h8-10,16H,1-7H3. The van der Waals surface area contributed by atoms with Gasteiger partial charge in [0, 0.05) is 5.30 Å². The van der Waals surface area contributed by atoms with Crippen LogP contribution in [0.4, 0.5) is 0 Å². The molecule has 96 valence electrons. The van der Waals surface area contributed by atoms with E-state index >= 15 is 0 Å². The number of hydrogen-bond acceptors (Lipinski definition) is 1. The predicted octanol–water partition coefficient (Wildman–Crippen LogP) is 4.40. The molecule has 0 saturated heterocycles. The average molecular weight is 252 g/mol. The minimum absolute atomic E-state index is 0.195. The van der Waals surface area contributed by atoms with E-state index in [2.05, 4.69) is 53.7 Å². The summed E-state index contributed by atoms with van der Waals surface area (Å²) < 4.78 is 0. The molecule has 1 nitrogen and oxygen atoms in total. The number of rotatable bonds is 1. The lowest BCUT2D eigenvalue weighted by atomic mass is 10.2. The number of phenols is 1. The molecule has 0 fully saturated rings. The van der Waals surface area contributed by atoms with Crippen LogP contribution in [0.1, 0.15) is 47.1 Å². The number of phenolic OH excluding ortho intramolecular Hbond substituents is 1. The molecule has 1 aromatic rings. The molecule has 0 aliphatic rings. The van der Waals surface area contributed by atoms with Gasteiger partial charge in [0.15, 0.2) is 0 Å². The Kier molecular flexibility index (Phi) is 3.94. The third-order valence-corrected chi connectivity index (χ3v) is 6.26. The molecule has 0 atom stereocenters. The summed E-state index contributed by atoms with van der Waals surface area (Å²) in [5, 5.41) is 11.7. The van der Waals surface area contributed by atoms with Crippen LogP contribution in [-0.2, 0) is 0 Å². The van der Waals surface area contributed by atoms with Crippen molar-refractivity contribution < 1.29 is 5.11 Å². The summed E-state index contributed by atoms with van der Waals surface area (Å²) in [6, 6.07) is 6.08. The van der Waals surface area contributed by atoms with Crippen molar-refractivity contribution in [3.8, 4) is 5.75 Å². The van der Waals surface area contributed by atoms with Gasteiger partial charge < -0.3 is 5.11 Å². The Morgan fingerprint density at radius 1 is 0.941 bits per heavy atom. The summed E-state index contributed by atoms with van der Waals surface area (Å²) >= 11 is 0.